The number of ether oxygens (including phenoxy) is 2. The van der Waals surface area contributed by atoms with Crippen LogP contribution in [0.5, 0.6) is 0 Å². The van der Waals surface area contributed by atoms with Gasteiger partial charge in [-0.1, -0.05) is 44.2 Å². The minimum Gasteiger partial charge on any atom is -0.455 e. The molecule has 0 spiro atoms. The SMILES string of the molecule is CO[C@@H](C)[C@H]1/C=C/c2ccc3ccc(nc3c2)[C@@H](C)OC(=O)[C@@H]2CCCN(N2)C(=O)[C@@H](C)NC(=O)[C@H](C(C)C)NC1=O. The van der Waals surface area contributed by atoms with E-state index in [9.17, 15) is 19.2 Å². The molecule has 2 aromatic rings. The van der Waals surface area contributed by atoms with Crippen molar-refractivity contribution in [3.8, 4) is 0 Å². The van der Waals surface area contributed by atoms with Gasteiger partial charge in [0.15, 0.2) is 0 Å². The first-order valence-corrected chi connectivity index (χ1v) is 14.5. The second-order valence-corrected chi connectivity index (χ2v) is 11.4. The summed E-state index contributed by atoms with van der Waals surface area (Å²) in [6.45, 7) is 9.15. The van der Waals surface area contributed by atoms with E-state index >= 15 is 0 Å². The number of amides is 3. The van der Waals surface area contributed by atoms with Crippen molar-refractivity contribution in [2.75, 3.05) is 13.7 Å². The molecule has 1 fully saturated rings. The zero-order valence-corrected chi connectivity index (χ0v) is 25.0. The number of hydrogen-bond acceptors (Lipinski definition) is 8. The Kier molecular flexibility index (Phi) is 9.95. The number of hydrogen-bond donors (Lipinski definition) is 3. The van der Waals surface area contributed by atoms with Gasteiger partial charge in [-0.3, -0.25) is 24.2 Å². The number of rotatable bonds is 3. The van der Waals surface area contributed by atoms with Gasteiger partial charge in [0.1, 0.15) is 24.2 Å². The van der Waals surface area contributed by atoms with Crippen LogP contribution in [0.3, 0.4) is 0 Å². The Morgan fingerprint density at radius 3 is 2.48 bits per heavy atom. The quantitative estimate of drug-likeness (QED) is 0.472. The molecular weight excluding hydrogens is 538 g/mol. The molecule has 4 rings (SSSR count). The Balaban J connectivity index is 1.72. The summed E-state index contributed by atoms with van der Waals surface area (Å²) in [5.41, 5.74) is 5.09. The largest absolute Gasteiger partial charge is 0.455 e. The second kappa shape index (κ2) is 13.4. The zero-order valence-electron chi connectivity index (χ0n) is 25.0. The average molecular weight is 580 g/mol. The molecule has 3 N–H and O–H groups in total. The van der Waals surface area contributed by atoms with Gasteiger partial charge < -0.3 is 20.1 Å². The van der Waals surface area contributed by atoms with Crippen LogP contribution in [-0.2, 0) is 28.7 Å². The number of aromatic nitrogens is 1. The molecule has 2 aliphatic heterocycles. The van der Waals surface area contributed by atoms with E-state index in [0.717, 1.165) is 10.9 Å². The van der Waals surface area contributed by atoms with E-state index in [4.69, 9.17) is 14.5 Å². The van der Waals surface area contributed by atoms with Crippen molar-refractivity contribution in [3.63, 3.8) is 0 Å². The molecular formula is C31H41N5O6. The molecule has 6 atom stereocenters. The molecule has 0 aliphatic carbocycles. The molecule has 11 heteroatoms. The molecule has 2 aliphatic rings. The van der Waals surface area contributed by atoms with Gasteiger partial charge in [0.05, 0.1) is 23.2 Å². The average Bonchev–Trinajstić information content (AvgIpc) is 2.98. The molecule has 3 amide bonds. The fraction of sp³-hybridized carbons (Fsp3) is 0.516. The number of nitrogens with zero attached hydrogens (tertiary/aromatic N) is 2. The van der Waals surface area contributed by atoms with Crippen LogP contribution < -0.4 is 16.1 Å². The molecule has 11 nitrogen and oxygen atoms in total. The number of cyclic esters (lactones) is 1. The third-order valence-corrected chi connectivity index (χ3v) is 7.84. The molecule has 1 aromatic carbocycles. The highest BCUT2D eigenvalue weighted by atomic mass is 16.5. The highest BCUT2D eigenvalue weighted by Crippen LogP contribution is 2.23. The van der Waals surface area contributed by atoms with Gasteiger partial charge in [0, 0.05) is 19.0 Å². The molecule has 0 saturated carbocycles. The number of fused-ring (bicyclic) bond motifs is 4. The summed E-state index contributed by atoms with van der Waals surface area (Å²) in [6.07, 6.45) is 3.57. The lowest BCUT2D eigenvalue weighted by Crippen LogP contribution is -2.61. The minimum absolute atomic E-state index is 0.254. The maximum atomic E-state index is 13.5. The molecule has 3 heterocycles. The van der Waals surface area contributed by atoms with Crippen molar-refractivity contribution >= 4 is 40.7 Å². The lowest BCUT2D eigenvalue weighted by molar-refractivity contribution is -0.157. The van der Waals surface area contributed by atoms with E-state index in [1.807, 2.05) is 50.3 Å². The molecule has 0 radical (unpaired) electrons. The van der Waals surface area contributed by atoms with E-state index in [1.165, 1.54) is 12.1 Å². The van der Waals surface area contributed by atoms with Crippen molar-refractivity contribution < 1.29 is 28.7 Å². The van der Waals surface area contributed by atoms with Crippen LogP contribution in [0.2, 0.25) is 0 Å². The lowest BCUT2D eigenvalue weighted by atomic mass is 9.97. The summed E-state index contributed by atoms with van der Waals surface area (Å²) in [5.74, 6) is -2.67. The standard InChI is InChI=1S/C31H41N5O6/c1-17(2)27-29(38)32-18(3)30(39)36-15-7-8-25(35-36)31(40)42-20(5)24-14-12-22-11-9-21(16-26(22)33-24)10-13-23(19(4)41-6)28(37)34-27/h9-14,16-20,23,25,27,35H,7-8,15H2,1-6H3,(H,32,38)(H,34,37)/b13-10+/t18-,19+,20-,23-,25+,27+/m1/s1. The summed E-state index contributed by atoms with van der Waals surface area (Å²) < 4.78 is 11.3. The summed E-state index contributed by atoms with van der Waals surface area (Å²) >= 11 is 0. The fourth-order valence-corrected chi connectivity index (χ4v) is 5.11. The van der Waals surface area contributed by atoms with Crippen LogP contribution in [0.25, 0.3) is 17.0 Å². The van der Waals surface area contributed by atoms with Crippen LogP contribution in [-0.4, -0.2) is 71.6 Å². The maximum absolute atomic E-state index is 13.5. The predicted octanol–water partition coefficient (Wildman–Crippen LogP) is 2.66. The highest BCUT2D eigenvalue weighted by Gasteiger charge is 2.35. The minimum atomic E-state index is -0.901. The van der Waals surface area contributed by atoms with Gasteiger partial charge in [-0.2, -0.15) is 0 Å². The lowest BCUT2D eigenvalue weighted by Gasteiger charge is -2.35. The van der Waals surface area contributed by atoms with Crippen molar-refractivity contribution in [3.05, 3.63) is 47.7 Å². The van der Waals surface area contributed by atoms with Gasteiger partial charge >= 0.3 is 5.97 Å². The van der Waals surface area contributed by atoms with Gasteiger partial charge in [0.2, 0.25) is 11.8 Å². The van der Waals surface area contributed by atoms with Gasteiger partial charge in [-0.05, 0) is 57.2 Å². The second-order valence-electron chi connectivity index (χ2n) is 11.4. The summed E-state index contributed by atoms with van der Waals surface area (Å²) in [7, 11) is 1.53. The number of carbonyl (C=O) groups excluding carboxylic acids is 4. The van der Waals surface area contributed by atoms with E-state index in [-0.39, 0.29) is 11.8 Å². The van der Waals surface area contributed by atoms with E-state index in [1.54, 1.807) is 26.8 Å². The number of hydrazine groups is 1. The summed E-state index contributed by atoms with van der Waals surface area (Å²) in [4.78, 5) is 57.9. The fourth-order valence-electron chi connectivity index (χ4n) is 5.11. The number of methoxy groups -OCH3 is 1. The molecule has 0 unspecified atom stereocenters. The predicted molar refractivity (Wildman–Crippen MR) is 157 cm³/mol. The molecule has 42 heavy (non-hydrogen) atoms. The first kappa shape index (κ1) is 31.1. The number of nitrogens with one attached hydrogen (secondary N) is 3. The van der Waals surface area contributed by atoms with Crippen molar-refractivity contribution in [2.45, 2.75) is 77.8 Å². The normalized spacial score (nSPS) is 27.8. The number of pyridine rings is 1. The first-order valence-electron chi connectivity index (χ1n) is 14.5. The van der Waals surface area contributed by atoms with Crippen LogP contribution in [0.4, 0.5) is 0 Å². The Morgan fingerprint density at radius 2 is 1.76 bits per heavy atom. The van der Waals surface area contributed by atoms with Crippen molar-refractivity contribution in [1.82, 2.24) is 26.1 Å². The van der Waals surface area contributed by atoms with Crippen LogP contribution >= 0.6 is 0 Å². The van der Waals surface area contributed by atoms with Crippen LogP contribution in [0.1, 0.15) is 64.8 Å². The van der Waals surface area contributed by atoms with Crippen LogP contribution in [0.15, 0.2) is 36.4 Å². The van der Waals surface area contributed by atoms with Crippen molar-refractivity contribution in [2.24, 2.45) is 11.8 Å². The smallest absolute Gasteiger partial charge is 0.325 e. The molecule has 226 valence electrons. The number of esters is 1. The van der Waals surface area contributed by atoms with E-state index in [0.29, 0.717) is 30.6 Å². The maximum Gasteiger partial charge on any atom is 0.325 e. The van der Waals surface area contributed by atoms with Gasteiger partial charge in [0.25, 0.3) is 5.91 Å². The monoisotopic (exact) mass is 579 g/mol. The van der Waals surface area contributed by atoms with Crippen molar-refractivity contribution in [1.29, 1.82) is 0 Å². The summed E-state index contributed by atoms with van der Waals surface area (Å²) in [5, 5.41) is 7.88. The van der Waals surface area contributed by atoms with E-state index < -0.39 is 54.0 Å². The molecule has 5 bridgehead atoms. The van der Waals surface area contributed by atoms with E-state index in [2.05, 4.69) is 16.1 Å². The van der Waals surface area contributed by atoms with Gasteiger partial charge in [-0.15, -0.1) is 0 Å². The Morgan fingerprint density at radius 1 is 1.02 bits per heavy atom. The Bertz CT molecular complexity index is 1360. The highest BCUT2D eigenvalue weighted by molar-refractivity contribution is 5.93. The third-order valence-electron chi connectivity index (χ3n) is 7.84. The first-order chi connectivity index (χ1) is 20.0. The summed E-state index contributed by atoms with van der Waals surface area (Å²) in [6, 6.07) is 7.00. The Labute approximate surface area is 246 Å². The van der Waals surface area contributed by atoms with Crippen LogP contribution in [0, 0.1) is 11.8 Å². The third kappa shape index (κ3) is 7.14. The van der Waals surface area contributed by atoms with Gasteiger partial charge in [-0.25, -0.2) is 10.4 Å². The zero-order chi connectivity index (χ0) is 30.6. The number of benzene rings is 1. The molecule has 1 saturated heterocycles. The number of carbonyl (C=O) groups is 4. The Hall–Kier alpha value is -3.83. The molecule has 1 aromatic heterocycles. The topological polar surface area (TPSA) is 139 Å².